The van der Waals surface area contributed by atoms with Crippen LogP contribution in [-0.4, -0.2) is 28.5 Å². The molecule has 1 atom stereocenters. The van der Waals surface area contributed by atoms with E-state index in [1.165, 1.54) is 37.9 Å². The lowest BCUT2D eigenvalue weighted by Gasteiger charge is -2.11. The van der Waals surface area contributed by atoms with Crippen LogP contribution in [0.1, 0.15) is 0 Å². The molecule has 0 aliphatic heterocycles. The van der Waals surface area contributed by atoms with Gasteiger partial charge in [-0.25, -0.2) is 14.6 Å². The molecule has 0 saturated heterocycles. The van der Waals surface area contributed by atoms with Gasteiger partial charge in [0.25, 0.3) is 0 Å². The highest BCUT2D eigenvalue weighted by atomic mass is 31.1. The summed E-state index contributed by atoms with van der Waals surface area (Å²) in [5.74, 6) is 3.23. The van der Waals surface area contributed by atoms with Crippen LogP contribution in [0.4, 0.5) is 0 Å². The third kappa shape index (κ3) is 3.42. The fraction of sp³-hybridized carbons (Fsp3) is 0.0244. The minimum Gasteiger partial charge on any atom is -0.341 e. The van der Waals surface area contributed by atoms with E-state index >= 15 is 0 Å². The van der Waals surface area contributed by atoms with Crippen LogP contribution < -0.4 is 0 Å². The predicted molar refractivity (Wildman–Crippen MR) is 200 cm³/mol. The quantitative estimate of drug-likeness (QED) is 0.194. The van der Waals surface area contributed by atoms with Gasteiger partial charge in [-0.2, -0.15) is 0 Å². The van der Waals surface area contributed by atoms with Crippen molar-refractivity contribution in [2.75, 3.05) is 0 Å². The maximum atomic E-state index is 5.56. The van der Waals surface area contributed by atoms with Gasteiger partial charge >= 0.3 is 0 Å². The highest BCUT2D eigenvalue weighted by Crippen LogP contribution is 2.48. The van der Waals surface area contributed by atoms with E-state index in [1.54, 1.807) is 0 Å². The molecule has 0 aliphatic carbocycles. The highest BCUT2D eigenvalue weighted by molar-refractivity contribution is 7.61. The fourth-order valence-corrected chi connectivity index (χ4v) is 9.91. The van der Waals surface area contributed by atoms with Gasteiger partial charge in [0.2, 0.25) is 0 Å². The Morgan fingerprint density at radius 3 is 2.04 bits per heavy atom. The van der Waals surface area contributed by atoms with Crippen LogP contribution in [0.5, 0.6) is 0 Å². The van der Waals surface area contributed by atoms with Gasteiger partial charge in [-0.15, -0.1) is 0 Å². The summed E-state index contributed by atoms with van der Waals surface area (Å²) in [5, 5.41) is 9.37. The zero-order chi connectivity index (χ0) is 31.5. The third-order valence-corrected chi connectivity index (χ3v) is 12.2. The first-order chi connectivity index (χ1) is 23.7. The predicted octanol–water partition coefficient (Wildman–Crippen LogP) is 10.6. The number of aryl methyl sites for hydroxylation is 1. The summed E-state index contributed by atoms with van der Waals surface area (Å²) < 4.78 is 9.07. The molecule has 0 N–H and O–H groups in total. The normalized spacial score (nSPS) is 12.6. The molecule has 1 unspecified atom stereocenters. The van der Waals surface area contributed by atoms with Gasteiger partial charge in [0.15, 0.2) is 5.65 Å². The maximum Gasteiger partial charge on any atom is 0.162 e. The molecular formula is C41H27N6P. The van der Waals surface area contributed by atoms with Crippen molar-refractivity contribution in [2.45, 2.75) is 0 Å². The van der Waals surface area contributed by atoms with Gasteiger partial charge < -0.3 is 4.57 Å². The number of hydrogen-bond donors (Lipinski definition) is 0. The molecule has 7 heteroatoms. The van der Waals surface area contributed by atoms with Crippen LogP contribution in [0.15, 0.2) is 145 Å². The molecule has 0 radical (unpaired) electrons. The van der Waals surface area contributed by atoms with Crippen LogP contribution in [0.25, 0.3) is 87.6 Å². The fourth-order valence-electron chi connectivity index (χ4n) is 7.74. The van der Waals surface area contributed by atoms with Crippen LogP contribution in [-0.2, 0) is 7.05 Å². The SMILES string of the molecule is Cn1c(-p2ccc3ccc(-n4c5ccccc5c5cc6c7ccccc7n(-n7ccc8ccccc87)c6nc54)nc32)cc2ccccc21. The minimum atomic E-state index is -0.761. The number of para-hydroxylation sites is 4. The average molecular weight is 635 g/mol. The van der Waals surface area contributed by atoms with Crippen LogP contribution >= 0.6 is 7.53 Å². The number of rotatable bonds is 3. The smallest absolute Gasteiger partial charge is 0.162 e. The van der Waals surface area contributed by atoms with Crippen molar-refractivity contribution in [2.24, 2.45) is 7.05 Å². The number of benzene rings is 4. The summed E-state index contributed by atoms with van der Waals surface area (Å²) in [7, 11) is 1.41. The van der Waals surface area contributed by atoms with E-state index in [0.717, 1.165) is 49.7 Å². The van der Waals surface area contributed by atoms with Crippen molar-refractivity contribution in [1.29, 1.82) is 0 Å². The van der Waals surface area contributed by atoms with Gasteiger partial charge in [0.1, 0.15) is 11.5 Å². The van der Waals surface area contributed by atoms with Crippen molar-refractivity contribution in [3.05, 3.63) is 145 Å². The molecule has 0 bridgehead atoms. The van der Waals surface area contributed by atoms with Crippen LogP contribution in [0, 0.1) is 0 Å². The summed E-state index contributed by atoms with van der Waals surface area (Å²) in [6.07, 6.45) is 2.14. The summed E-state index contributed by atoms with van der Waals surface area (Å²) >= 11 is 0. The monoisotopic (exact) mass is 634 g/mol. The maximum absolute atomic E-state index is 5.56. The number of hydrogen-bond acceptors (Lipinski definition) is 2. The topological polar surface area (TPSA) is 45.5 Å². The lowest BCUT2D eigenvalue weighted by Crippen LogP contribution is -2.08. The van der Waals surface area contributed by atoms with E-state index in [2.05, 4.69) is 171 Å². The van der Waals surface area contributed by atoms with Crippen molar-refractivity contribution in [1.82, 2.24) is 28.5 Å². The van der Waals surface area contributed by atoms with Crippen molar-refractivity contribution >= 4 is 83.8 Å². The first kappa shape index (κ1) is 26.0. The Kier molecular flexibility index (Phi) is 5.14. The summed E-state index contributed by atoms with van der Waals surface area (Å²) in [6, 6.07) is 47.8. The molecule has 7 aromatic heterocycles. The van der Waals surface area contributed by atoms with Gasteiger partial charge in [0, 0.05) is 56.5 Å². The van der Waals surface area contributed by atoms with E-state index in [0.29, 0.717) is 0 Å². The molecule has 6 nitrogen and oxygen atoms in total. The van der Waals surface area contributed by atoms with E-state index in [4.69, 9.17) is 9.97 Å². The number of nitrogens with zero attached hydrogens (tertiary/aromatic N) is 6. The molecule has 226 valence electrons. The zero-order valence-electron chi connectivity index (χ0n) is 26.0. The molecule has 48 heavy (non-hydrogen) atoms. The Balaban J connectivity index is 1.22. The summed E-state index contributed by atoms with van der Waals surface area (Å²) in [4.78, 5) is 11.0. The first-order valence-corrected chi connectivity index (χ1v) is 17.6. The molecule has 0 fully saturated rings. The number of fused-ring (bicyclic) bond motifs is 9. The van der Waals surface area contributed by atoms with E-state index in [1.807, 2.05) is 0 Å². The average Bonchev–Trinajstić information content (AvgIpc) is 3.94. The lowest BCUT2D eigenvalue weighted by molar-refractivity contribution is 0.738. The van der Waals surface area contributed by atoms with E-state index in [9.17, 15) is 0 Å². The lowest BCUT2D eigenvalue weighted by atomic mass is 10.1. The molecule has 11 rings (SSSR count). The van der Waals surface area contributed by atoms with Gasteiger partial charge in [-0.1, -0.05) is 72.8 Å². The van der Waals surface area contributed by atoms with Crippen molar-refractivity contribution in [3.63, 3.8) is 0 Å². The Morgan fingerprint density at radius 1 is 0.521 bits per heavy atom. The first-order valence-electron chi connectivity index (χ1n) is 16.2. The van der Waals surface area contributed by atoms with Crippen LogP contribution in [0.2, 0.25) is 0 Å². The molecule has 0 saturated carbocycles. The Bertz CT molecular complexity index is 3090. The third-order valence-electron chi connectivity index (χ3n) is 9.97. The van der Waals surface area contributed by atoms with Gasteiger partial charge in [-0.05, 0) is 74.0 Å². The zero-order valence-corrected chi connectivity index (χ0v) is 26.9. The molecular weight excluding hydrogens is 607 g/mol. The Morgan fingerprint density at radius 2 is 1.21 bits per heavy atom. The molecule has 0 spiro atoms. The number of pyridine rings is 2. The number of aromatic nitrogens is 6. The second kappa shape index (κ2) is 9.47. The molecule has 0 amide bonds. The molecule has 11 aromatic rings. The Hall–Kier alpha value is -6.10. The molecule has 4 aromatic carbocycles. The van der Waals surface area contributed by atoms with Crippen molar-refractivity contribution < 1.29 is 0 Å². The molecule has 0 aliphatic rings. The second-order valence-corrected chi connectivity index (χ2v) is 14.4. The standard InChI is InChI=1S/C41H27N6P/c1-44-33-14-6-3-11-28(33)24-38(44)48-23-21-27-18-19-37(42-41(27)48)46-35-16-8-4-12-29(35)31-25-32-30-13-5-9-17-36(30)47(40(32)43-39(31)46)45-22-20-26-10-2-7-15-34(26)45/h2-25H,1H3. The highest BCUT2D eigenvalue weighted by Gasteiger charge is 2.21. The van der Waals surface area contributed by atoms with Crippen molar-refractivity contribution in [3.8, 4) is 11.3 Å². The largest absolute Gasteiger partial charge is 0.341 e. The Labute approximate surface area is 275 Å². The van der Waals surface area contributed by atoms with E-state index in [-0.39, 0.29) is 0 Å². The summed E-state index contributed by atoms with van der Waals surface area (Å²) in [5.41, 5.74) is 7.71. The van der Waals surface area contributed by atoms with Gasteiger partial charge in [0.05, 0.1) is 27.2 Å². The van der Waals surface area contributed by atoms with E-state index < -0.39 is 7.53 Å². The second-order valence-electron chi connectivity index (χ2n) is 12.5. The minimum absolute atomic E-state index is 0.761. The molecule has 7 heterocycles. The summed E-state index contributed by atoms with van der Waals surface area (Å²) in [6.45, 7) is 0. The van der Waals surface area contributed by atoms with Crippen LogP contribution in [0.3, 0.4) is 0 Å². The van der Waals surface area contributed by atoms with Gasteiger partial charge in [-0.3, -0.25) is 9.24 Å².